The molecule has 142 valence electrons. The van der Waals surface area contributed by atoms with Gasteiger partial charge in [0, 0.05) is 13.1 Å². The van der Waals surface area contributed by atoms with E-state index in [0.717, 1.165) is 58.0 Å². The number of rotatable bonds is 2. The van der Waals surface area contributed by atoms with Gasteiger partial charge in [-0.15, -0.1) is 0 Å². The third-order valence-corrected chi connectivity index (χ3v) is 7.20. The monoisotopic (exact) mass is 366 g/mol. The highest BCUT2D eigenvalue weighted by Gasteiger charge is 2.61. The van der Waals surface area contributed by atoms with E-state index in [1.54, 1.807) is 12.1 Å². The van der Waals surface area contributed by atoms with Crippen molar-refractivity contribution in [3.63, 3.8) is 0 Å². The summed E-state index contributed by atoms with van der Waals surface area (Å²) in [6.07, 6.45) is 7.49. The third-order valence-electron chi connectivity index (χ3n) is 7.20. The predicted molar refractivity (Wildman–Crippen MR) is 101 cm³/mol. The summed E-state index contributed by atoms with van der Waals surface area (Å²) in [6, 6.07) is 7.18. The molecule has 3 amide bonds. The second kappa shape index (κ2) is 6.47. The number of para-hydroxylation sites is 1. The summed E-state index contributed by atoms with van der Waals surface area (Å²) in [6.45, 7) is 1.51. The Balaban J connectivity index is 1.48. The van der Waals surface area contributed by atoms with Crippen LogP contribution in [0.5, 0.6) is 0 Å². The van der Waals surface area contributed by atoms with Crippen molar-refractivity contribution in [1.82, 2.24) is 4.90 Å². The quantitative estimate of drug-likeness (QED) is 0.755. The second-order valence-electron chi connectivity index (χ2n) is 8.62. The van der Waals surface area contributed by atoms with Crippen LogP contribution in [0.4, 0.5) is 5.69 Å². The number of carbonyl (C=O) groups excluding carboxylic acids is 3. The number of carbonyl (C=O) groups is 3. The Morgan fingerprint density at radius 3 is 2.07 bits per heavy atom. The highest BCUT2D eigenvalue weighted by molar-refractivity contribution is 6.24. The van der Waals surface area contributed by atoms with Gasteiger partial charge >= 0.3 is 0 Å². The van der Waals surface area contributed by atoms with Crippen LogP contribution >= 0.6 is 0 Å². The second-order valence-corrected chi connectivity index (χ2v) is 8.62. The Morgan fingerprint density at radius 1 is 0.852 bits per heavy atom. The lowest BCUT2D eigenvalue weighted by atomic mass is 9.81. The van der Waals surface area contributed by atoms with Crippen molar-refractivity contribution in [2.45, 2.75) is 44.9 Å². The lowest BCUT2D eigenvalue weighted by molar-refractivity contribution is -0.123. The smallest absolute Gasteiger partial charge is 0.255 e. The number of fused-ring (bicyclic) bond motifs is 5. The lowest BCUT2D eigenvalue weighted by Crippen LogP contribution is -2.37. The molecule has 2 saturated heterocycles. The molecule has 27 heavy (non-hydrogen) atoms. The molecule has 0 spiro atoms. The Bertz CT molecular complexity index is 769. The van der Waals surface area contributed by atoms with Crippen molar-refractivity contribution in [3.05, 3.63) is 29.8 Å². The van der Waals surface area contributed by atoms with Crippen LogP contribution < -0.4 is 4.90 Å². The van der Waals surface area contributed by atoms with Crippen LogP contribution in [-0.2, 0) is 9.59 Å². The molecule has 2 heterocycles. The minimum atomic E-state index is -0.155. The average Bonchev–Trinajstić information content (AvgIpc) is 3.28. The number of anilines is 1. The van der Waals surface area contributed by atoms with Crippen LogP contribution in [0, 0.1) is 23.7 Å². The fourth-order valence-corrected chi connectivity index (χ4v) is 5.94. The van der Waals surface area contributed by atoms with E-state index < -0.39 is 0 Å². The fraction of sp³-hybridized carbons (Fsp3) is 0.591. The Hall–Kier alpha value is -2.17. The van der Waals surface area contributed by atoms with Gasteiger partial charge in [0.15, 0.2) is 0 Å². The van der Waals surface area contributed by atoms with Crippen molar-refractivity contribution in [2.75, 3.05) is 18.0 Å². The van der Waals surface area contributed by atoms with Gasteiger partial charge in [0.25, 0.3) is 5.91 Å². The number of hydrogen-bond acceptors (Lipinski definition) is 3. The van der Waals surface area contributed by atoms with Gasteiger partial charge in [-0.2, -0.15) is 0 Å². The van der Waals surface area contributed by atoms with E-state index in [9.17, 15) is 14.4 Å². The highest BCUT2D eigenvalue weighted by atomic mass is 16.2. The van der Waals surface area contributed by atoms with E-state index in [1.165, 1.54) is 4.90 Å². The Morgan fingerprint density at radius 2 is 1.44 bits per heavy atom. The fourth-order valence-electron chi connectivity index (χ4n) is 5.94. The molecule has 5 heteroatoms. The standard InChI is InChI=1S/C22H26N2O3/c25-20(23-11-5-1-2-6-12-23)16-7-3-4-8-17(16)24-21(26)18-14-9-10-15(13-14)19(18)22(24)27/h3-4,7-8,14-15,18-19H,1-2,5-6,9-13H2/t14-,15-,18-,19+/m0/s1. The topological polar surface area (TPSA) is 57.7 Å². The van der Waals surface area contributed by atoms with E-state index in [0.29, 0.717) is 23.1 Å². The van der Waals surface area contributed by atoms with Crippen LogP contribution in [0.2, 0.25) is 0 Å². The molecule has 2 aliphatic carbocycles. The van der Waals surface area contributed by atoms with Crippen molar-refractivity contribution in [1.29, 1.82) is 0 Å². The average molecular weight is 366 g/mol. The first kappa shape index (κ1) is 17.0. The first-order chi connectivity index (χ1) is 13.2. The molecular formula is C22H26N2O3. The number of hydrogen-bond donors (Lipinski definition) is 0. The molecule has 0 aromatic heterocycles. The van der Waals surface area contributed by atoms with Crippen molar-refractivity contribution >= 4 is 23.4 Å². The van der Waals surface area contributed by atoms with E-state index in [2.05, 4.69) is 0 Å². The van der Waals surface area contributed by atoms with Gasteiger partial charge in [0.2, 0.25) is 11.8 Å². The summed E-state index contributed by atoms with van der Waals surface area (Å²) in [4.78, 5) is 42.8. The molecular weight excluding hydrogens is 340 g/mol. The van der Waals surface area contributed by atoms with E-state index in [-0.39, 0.29) is 29.6 Å². The maximum Gasteiger partial charge on any atom is 0.255 e. The van der Waals surface area contributed by atoms with Crippen LogP contribution in [0.3, 0.4) is 0 Å². The zero-order valence-electron chi connectivity index (χ0n) is 15.6. The molecule has 2 aliphatic heterocycles. The third kappa shape index (κ3) is 2.54. The van der Waals surface area contributed by atoms with Gasteiger partial charge in [-0.3, -0.25) is 14.4 Å². The van der Waals surface area contributed by atoms with Crippen LogP contribution in [0.25, 0.3) is 0 Å². The molecule has 5 rings (SSSR count). The largest absolute Gasteiger partial charge is 0.339 e. The van der Waals surface area contributed by atoms with Crippen molar-refractivity contribution < 1.29 is 14.4 Å². The normalized spacial score (nSPS) is 32.7. The van der Waals surface area contributed by atoms with E-state index in [1.807, 2.05) is 17.0 Å². The summed E-state index contributed by atoms with van der Waals surface area (Å²) in [5.41, 5.74) is 0.990. The van der Waals surface area contributed by atoms with E-state index in [4.69, 9.17) is 0 Å². The molecule has 4 aliphatic rings. The maximum atomic E-state index is 13.2. The van der Waals surface area contributed by atoms with Gasteiger partial charge < -0.3 is 4.90 Å². The first-order valence-electron chi connectivity index (χ1n) is 10.4. The molecule has 2 saturated carbocycles. The van der Waals surface area contributed by atoms with Gasteiger partial charge in [0.05, 0.1) is 23.1 Å². The summed E-state index contributed by atoms with van der Waals surface area (Å²) >= 11 is 0. The van der Waals surface area contributed by atoms with Gasteiger partial charge in [-0.1, -0.05) is 25.0 Å². The highest BCUT2D eigenvalue weighted by Crippen LogP contribution is 2.56. The van der Waals surface area contributed by atoms with Gasteiger partial charge in [-0.25, -0.2) is 4.90 Å². The molecule has 1 aromatic carbocycles. The molecule has 0 unspecified atom stereocenters. The molecule has 4 fully saturated rings. The maximum absolute atomic E-state index is 13.2. The van der Waals surface area contributed by atoms with Crippen molar-refractivity contribution in [3.8, 4) is 0 Å². The summed E-state index contributed by atoms with van der Waals surface area (Å²) in [5.74, 6) is 0.204. The molecule has 0 radical (unpaired) electrons. The van der Waals surface area contributed by atoms with Gasteiger partial charge in [-0.05, 0) is 56.1 Å². The summed E-state index contributed by atoms with van der Waals surface area (Å²) in [5, 5.41) is 0. The molecule has 4 atom stereocenters. The van der Waals surface area contributed by atoms with Crippen molar-refractivity contribution in [2.24, 2.45) is 23.7 Å². The minimum Gasteiger partial charge on any atom is -0.339 e. The number of amides is 3. The van der Waals surface area contributed by atoms with Crippen LogP contribution in [-0.4, -0.2) is 35.7 Å². The molecule has 0 N–H and O–H groups in total. The Labute approximate surface area is 159 Å². The van der Waals surface area contributed by atoms with Gasteiger partial charge in [0.1, 0.15) is 0 Å². The zero-order chi connectivity index (χ0) is 18.5. The summed E-state index contributed by atoms with van der Waals surface area (Å²) in [7, 11) is 0. The zero-order valence-corrected chi connectivity index (χ0v) is 15.6. The van der Waals surface area contributed by atoms with E-state index >= 15 is 0 Å². The summed E-state index contributed by atoms with van der Waals surface area (Å²) < 4.78 is 0. The number of nitrogens with zero attached hydrogens (tertiary/aromatic N) is 2. The minimum absolute atomic E-state index is 0.0480. The lowest BCUT2D eigenvalue weighted by Gasteiger charge is -2.24. The molecule has 5 nitrogen and oxygen atoms in total. The van der Waals surface area contributed by atoms with Crippen LogP contribution in [0.1, 0.15) is 55.3 Å². The predicted octanol–water partition coefficient (Wildman–Crippen LogP) is 3.24. The number of likely N-dealkylation sites (tertiary alicyclic amines) is 1. The molecule has 1 aromatic rings. The number of benzene rings is 1. The SMILES string of the molecule is O=C(c1ccccc1N1C(=O)[C@@H]2[C@H]3CC[C@@H](C3)[C@@H]2C1=O)N1CCCCCC1. The number of imide groups is 1. The van der Waals surface area contributed by atoms with Crippen LogP contribution in [0.15, 0.2) is 24.3 Å². The Kier molecular flexibility index (Phi) is 4.06. The first-order valence-corrected chi connectivity index (χ1v) is 10.4. The molecule has 2 bridgehead atoms.